The highest BCUT2D eigenvalue weighted by Gasteiger charge is 2.24. The second kappa shape index (κ2) is 8.72. The van der Waals surface area contributed by atoms with Crippen molar-refractivity contribution in [1.82, 2.24) is 14.3 Å². The lowest BCUT2D eigenvalue weighted by Crippen LogP contribution is -2.26. The van der Waals surface area contributed by atoms with Gasteiger partial charge in [-0.05, 0) is 31.0 Å². The first-order valence-electron chi connectivity index (χ1n) is 9.43. The molecular weight excluding hydrogens is 375 g/mol. The number of rotatable bonds is 8. The number of hydrogen-bond donors (Lipinski definition) is 2. The second-order valence-electron chi connectivity index (χ2n) is 6.60. The van der Waals surface area contributed by atoms with Crippen LogP contribution in [-0.4, -0.2) is 37.5 Å². The first kappa shape index (κ1) is 20.3. The number of carboxylic acid groups (broad SMARTS) is 1. The topological polar surface area (TPSA) is 89.2 Å². The molecule has 2 aromatic heterocycles. The number of halogens is 1. The van der Waals surface area contributed by atoms with Gasteiger partial charge in [0.05, 0.1) is 17.6 Å². The predicted molar refractivity (Wildman–Crippen MR) is 107 cm³/mol. The van der Waals surface area contributed by atoms with Crippen molar-refractivity contribution < 1.29 is 19.1 Å². The zero-order valence-electron chi connectivity index (χ0n) is 16.3. The van der Waals surface area contributed by atoms with Crippen LogP contribution in [0.25, 0.3) is 5.69 Å². The van der Waals surface area contributed by atoms with Gasteiger partial charge in [-0.1, -0.05) is 25.1 Å². The van der Waals surface area contributed by atoms with E-state index < -0.39 is 18.0 Å². The molecule has 1 unspecified atom stereocenters. The SMILES string of the molecule is CCc1c(CC(F)C(=O)Nc2cn(CC)cc2C(=O)O)cnn1-c1ccccc1. The van der Waals surface area contributed by atoms with Crippen LogP contribution in [-0.2, 0) is 24.2 Å². The summed E-state index contributed by atoms with van der Waals surface area (Å²) < 4.78 is 18.1. The van der Waals surface area contributed by atoms with Gasteiger partial charge in [-0.25, -0.2) is 13.9 Å². The highest BCUT2D eigenvalue weighted by molar-refractivity contribution is 6.01. The zero-order chi connectivity index (χ0) is 21.0. The van der Waals surface area contributed by atoms with Gasteiger partial charge in [0.25, 0.3) is 5.91 Å². The molecule has 8 heteroatoms. The zero-order valence-corrected chi connectivity index (χ0v) is 16.3. The lowest BCUT2D eigenvalue weighted by molar-refractivity contribution is -0.120. The van der Waals surface area contributed by atoms with E-state index in [1.807, 2.05) is 44.2 Å². The van der Waals surface area contributed by atoms with E-state index in [-0.39, 0.29) is 17.7 Å². The van der Waals surface area contributed by atoms with E-state index in [4.69, 9.17) is 0 Å². The van der Waals surface area contributed by atoms with Crippen molar-refractivity contribution in [3.8, 4) is 5.69 Å². The average Bonchev–Trinajstić information content (AvgIpc) is 3.32. The Bertz CT molecular complexity index is 1010. The standard InChI is InChI=1S/C21H23FN4O3/c1-3-19-14(11-23-26(19)15-8-6-5-7-9-15)10-17(22)20(27)24-18-13-25(4-2)12-16(18)21(28)29/h5-9,11-13,17H,3-4,10H2,1-2H3,(H,24,27)(H,28,29). The van der Waals surface area contributed by atoms with Crippen LogP contribution >= 0.6 is 0 Å². The van der Waals surface area contributed by atoms with E-state index in [1.54, 1.807) is 15.4 Å². The number of aromatic nitrogens is 3. The molecule has 0 bridgehead atoms. The van der Waals surface area contributed by atoms with Crippen molar-refractivity contribution in [3.05, 3.63) is 65.7 Å². The molecular formula is C21H23FN4O3. The van der Waals surface area contributed by atoms with Gasteiger partial charge < -0.3 is 15.0 Å². The number of benzene rings is 1. The fourth-order valence-corrected chi connectivity index (χ4v) is 3.20. The van der Waals surface area contributed by atoms with Crippen LogP contribution in [0.1, 0.15) is 35.5 Å². The maximum Gasteiger partial charge on any atom is 0.339 e. The number of aryl methyl sites for hydroxylation is 1. The molecule has 0 saturated heterocycles. The second-order valence-corrected chi connectivity index (χ2v) is 6.60. The summed E-state index contributed by atoms with van der Waals surface area (Å²) in [5, 5.41) is 16.0. The van der Waals surface area contributed by atoms with Crippen LogP contribution < -0.4 is 5.32 Å². The average molecular weight is 398 g/mol. The Morgan fingerprint density at radius 2 is 1.93 bits per heavy atom. The van der Waals surface area contributed by atoms with Crippen LogP contribution in [0.5, 0.6) is 0 Å². The molecule has 1 atom stereocenters. The number of para-hydroxylation sites is 1. The van der Waals surface area contributed by atoms with Crippen LogP contribution in [0.2, 0.25) is 0 Å². The molecule has 1 aromatic carbocycles. The summed E-state index contributed by atoms with van der Waals surface area (Å²) in [4.78, 5) is 23.7. The number of alkyl halides is 1. The van der Waals surface area contributed by atoms with E-state index >= 15 is 0 Å². The third-order valence-corrected chi connectivity index (χ3v) is 4.71. The predicted octanol–water partition coefficient (Wildman–Crippen LogP) is 3.47. The van der Waals surface area contributed by atoms with Gasteiger partial charge in [0, 0.05) is 31.1 Å². The van der Waals surface area contributed by atoms with Gasteiger partial charge in [0.1, 0.15) is 5.56 Å². The van der Waals surface area contributed by atoms with Crippen LogP contribution in [0.4, 0.5) is 10.1 Å². The molecule has 3 aromatic rings. The Morgan fingerprint density at radius 1 is 1.21 bits per heavy atom. The fourth-order valence-electron chi connectivity index (χ4n) is 3.20. The van der Waals surface area contributed by atoms with Crippen molar-refractivity contribution in [3.63, 3.8) is 0 Å². The summed E-state index contributed by atoms with van der Waals surface area (Å²) in [7, 11) is 0. The number of carboxylic acids is 1. The lowest BCUT2D eigenvalue weighted by Gasteiger charge is -2.11. The van der Waals surface area contributed by atoms with Crippen LogP contribution in [0, 0.1) is 0 Å². The molecule has 152 valence electrons. The highest BCUT2D eigenvalue weighted by Crippen LogP contribution is 2.21. The molecule has 0 aliphatic carbocycles. The molecule has 29 heavy (non-hydrogen) atoms. The van der Waals surface area contributed by atoms with E-state index in [0.717, 1.165) is 11.4 Å². The Balaban J connectivity index is 1.76. The van der Waals surface area contributed by atoms with Crippen molar-refractivity contribution >= 4 is 17.6 Å². The van der Waals surface area contributed by atoms with Crippen molar-refractivity contribution in [2.24, 2.45) is 0 Å². The van der Waals surface area contributed by atoms with Gasteiger partial charge in [-0.3, -0.25) is 4.79 Å². The van der Waals surface area contributed by atoms with E-state index in [0.29, 0.717) is 18.5 Å². The summed E-state index contributed by atoms with van der Waals surface area (Å²) in [5.41, 5.74) is 2.35. The third kappa shape index (κ3) is 4.37. The minimum Gasteiger partial charge on any atom is -0.478 e. The smallest absolute Gasteiger partial charge is 0.339 e. The molecule has 0 radical (unpaired) electrons. The summed E-state index contributed by atoms with van der Waals surface area (Å²) in [6, 6.07) is 9.50. The Kier molecular flexibility index (Phi) is 6.11. The van der Waals surface area contributed by atoms with Crippen molar-refractivity contribution in [2.75, 3.05) is 5.32 Å². The first-order valence-corrected chi connectivity index (χ1v) is 9.43. The number of aromatic carboxylic acids is 1. The van der Waals surface area contributed by atoms with Crippen LogP contribution in [0.3, 0.4) is 0 Å². The van der Waals surface area contributed by atoms with Crippen molar-refractivity contribution in [2.45, 2.75) is 39.4 Å². The summed E-state index contributed by atoms with van der Waals surface area (Å²) >= 11 is 0. The van der Waals surface area contributed by atoms with Crippen molar-refractivity contribution in [1.29, 1.82) is 0 Å². The minimum atomic E-state index is -1.83. The molecule has 2 N–H and O–H groups in total. The van der Waals surface area contributed by atoms with Gasteiger partial charge in [0.15, 0.2) is 6.17 Å². The maximum atomic E-state index is 14.7. The summed E-state index contributed by atoms with van der Waals surface area (Å²) in [6.45, 7) is 4.32. The summed E-state index contributed by atoms with van der Waals surface area (Å²) in [6.07, 6.45) is 3.12. The number of hydrogen-bond acceptors (Lipinski definition) is 3. The summed E-state index contributed by atoms with van der Waals surface area (Å²) in [5.74, 6) is -2.06. The number of carbonyl (C=O) groups excluding carboxylic acids is 1. The fraction of sp³-hybridized carbons (Fsp3) is 0.286. The molecule has 0 spiro atoms. The highest BCUT2D eigenvalue weighted by atomic mass is 19.1. The monoisotopic (exact) mass is 398 g/mol. The number of nitrogens with zero attached hydrogens (tertiary/aromatic N) is 3. The Morgan fingerprint density at radius 3 is 2.55 bits per heavy atom. The molecule has 0 aliphatic heterocycles. The molecule has 2 heterocycles. The molecule has 0 aliphatic rings. The Hall–Kier alpha value is -3.42. The van der Waals surface area contributed by atoms with E-state index in [9.17, 15) is 19.1 Å². The van der Waals surface area contributed by atoms with Gasteiger partial charge in [-0.2, -0.15) is 5.10 Å². The number of anilines is 1. The molecule has 0 fully saturated rings. The molecule has 3 rings (SSSR count). The molecule has 7 nitrogen and oxygen atoms in total. The normalized spacial score (nSPS) is 12.0. The number of nitrogens with one attached hydrogen (secondary N) is 1. The van der Waals surface area contributed by atoms with Gasteiger partial charge in [-0.15, -0.1) is 0 Å². The first-order chi connectivity index (χ1) is 13.9. The number of amides is 1. The van der Waals surface area contributed by atoms with E-state index in [2.05, 4.69) is 10.4 Å². The molecule has 0 saturated carbocycles. The quantitative estimate of drug-likeness (QED) is 0.608. The van der Waals surface area contributed by atoms with Gasteiger partial charge >= 0.3 is 5.97 Å². The minimum absolute atomic E-state index is 0.0708. The third-order valence-electron chi connectivity index (χ3n) is 4.71. The lowest BCUT2D eigenvalue weighted by atomic mass is 10.1. The van der Waals surface area contributed by atoms with Gasteiger partial charge in [0.2, 0.25) is 0 Å². The Labute approximate surface area is 167 Å². The molecule has 1 amide bonds. The largest absolute Gasteiger partial charge is 0.478 e. The van der Waals surface area contributed by atoms with E-state index in [1.165, 1.54) is 12.4 Å². The maximum absolute atomic E-state index is 14.7. The van der Waals surface area contributed by atoms with Crippen LogP contribution in [0.15, 0.2) is 48.9 Å². The number of carbonyl (C=O) groups is 2.